The molecule has 1 aliphatic rings. The van der Waals surface area contributed by atoms with Gasteiger partial charge in [-0.2, -0.15) is 0 Å². The summed E-state index contributed by atoms with van der Waals surface area (Å²) < 4.78 is 24.3. The fourth-order valence-electron chi connectivity index (χ4n) is 2.82. The molecule has 0 saturated heterocycles. The maximum absolute atomic E-state index is 12.1. The van der Waals surface area contributed by atoms with Crippen LogP contribution in [-0.4, -0.2) is 36.4 Å². The lowest BCUT2D eigenvalue weighted by Crippen LogP contribution is -2.24. The van der Waals surface area contributed by atoms with Crippen LogP contribution in [0.4, 0.5) is 5.69 Å². The number of rotatable bonds is 7. The van der Waals surface area contributed by atoms with Gasteiger partial charge >= 0.3 is 5.97 Å². The molecule has 0 aliphatic heterocycles. The number of aliphatic carboxylic acids is 1. The second-order valence-corrected chi connectivity index (χ2v) is 8.20. The van der Waals surface area contributed by atoms with Crippen LogP contribution in [0.5, 0.6) is 0 Å². The molecule has 0 spiro atoms. The maximum Gasteiger partial charge on any atom is 0.307 e. The summed E-state index contributed by atoms with van der Waals surface area (Å²) >= 11 is 0. The Bertz CT molecular complexity index is 677. The molecule has 1 aliphatic carbocycles. The molecular formula is C16H21NO5S. The van der Waals surface area contributed by atoms with Crippen molar-refractivity contribution in [3.8, 4) is 0 Å². The van der Waals surface area contributed by atoms with Crippen molar-refractivity contribution in [3.63, 3.8) is 0 Å². The van der Waals surface area contributed by atoms with Gasteiger partial charge in [-0.25, -0.2) is 8.42 Å². The number of hydrogen-bond acceptors (Lipinski definition) is 4. The fourth-order valence-corrected chi connectivity index (χ4v) is 4.68. The molecule has 1 aromatic carbocycles. The van der Waals surface area contributed by atoms with E-state index in [1.807, 2.05) is 0 Å². The van der Waals surface area contributed by atoms with Crippen molar-refractivity contribution in [3.05, 3.63) is 29.8 Å². The van der Waals surface area contributed by atoms with Gasteiger partial charge in [0.2, 0.25) is 5.91 Å². The third kappa shape index (κ3) is 5.06. The average Bonchev–Trinajstić information content (AvgIpc) is 3.02. The Morgan fingerprint density at radius 1 is 1.17 bits per heavy atom. The number of nitrogens with one attached hydrogen (secondary N) is 1. The molecule has 0 radical (unpaired) electrons. The summed E-state index contributed by atoms with van der Waals surface area (Å²) in [6, 6.07) is 6.62. The van der Waals surface area contributed by atoms with Gasteiger partial charge < -0.3 is 10.4 Å². The average molecular weight is 339 g/mol. The maximum atomic E-state index is 12.1. The first-order valence-electron chi connectivity index (χ1n) is 7.69. The standard InChI is InChI=1S/C16H21NO5S/c18-15(9-10-23(21,22)13-6-2-3-7-13)17-14-8-4-1-5-12(14)11-16(19)20/h1,4-5,8,13H,2-3,6-7,9-11H2,(H,17,18)(H,19,20). The van der Waals surface area contributed by atoms with Crippen molar-refractivity contribution < 1.29 is 23.1 Å². The minimum Gasteiger partial charge on any atom is -0.481 e. The number of carbonyl (C=O) groups is 2. The van der Waals surface area contributed by atoms with E-state index in [2.05, 4.69) is 5.32 Å². The van der Waals surface area contributed by atoms with Crippen molar-refractivity contribution in [1.82, 2.24) is 0 Å². The third-order valence-corrected chi connectivity index (χ3v) is 6.32. The van der Waals surface area contributed by atoms with Crippen molar-refractivity contribution in [2.24, 2.45) is 0 Å². The van der Waals surface area contributed by atoms with Crippen molar-refractivity contribution in [2.75, 3.05) is 11.1 Å². The van der Waals surface area contributed by atoms with Crippen LogP contribution in [0.3, 0.4) is 0 Å². The number of carboxylic acids is 1. The second-order valence-electron chi connectivity index (χ2n) is 5.80. The van der Waals surface area contributed by atoms with Gasteiger partial charge in [0.05, 0.1) is 17.4 Å². The van der Waals surface area contributed by atoms with E-state index < -0.39 is 21.7 Å². The predicted molar refractivity (Wildman–Crippen MR) is 87.1 cm³/mol. The summed E-state index contributed by atoms with van der Waals surface area (Å²) in [6.07, 6.45) is 2.92. The predicted octanol–water partition coefficient (Wildman–Crippen LogP) is 2.00. The quantitative estimate of drug-likeness (QED) is 0.791. The molecule has 6 nitrogen and oxygen atoms in total. The first-order valence-corrected chi connectivity index (χ1v) is 9.41. The smallest absolute Gasteiger partial charge is 0.307 e. The van der Waals surface area contributed by atoms with Crippen molar-refractivity contribution in [1.29, 1.82) is 0 Å². The van der Waals surface area contributed by atoms with Crippen LogP contribution in [0.25, 0.3) is 0 Å². The highest BCUT2D eigenvalue weighted by atomic mass is 32.2. The molecule has 2 rings (SSSR count). The lowest BCUT2D eigenvalue weighted by atomic mass is 10.1. The molecule has 0 aromatic heterocycles. The Hall–Kier alpha value is -1.89. The largest absolute Gasteiger partial charge is 0.481 e. The topological polar surface area (TPSA) is 101 Å². The minimum absolute atomic E-state index is 0.111. The molecule has 126 valence electrons. The molecule has 1 fully saturated rings. The summed E-state index contributed by atoms with van der Waals surface area (Å²) in [6.45, 7) is 0. The molecule has 7 heteroatoms. The second kappa shape index (κ2) is 7.59. The highest BCUT2D eigenvalue weighted by Gasteiger charge is 2.28. The number of hydrogen-bond donors (Lipinski definition) is 2. The van der Waals surface area contributed by atoms with E-state index in [4.69, 9.17) is 5.11 Å². The summed E-state index contributed by atoms with van der Waals surface area (Å²) in [4.78, 5) is 22.8. The molecule has 0 heterocycles. The van der Waals surface area contributed by atoms with E-state index in [-0.39, 0.29) is 23.8 Å². The van der Waals surface area contributed by atoms with Gasteiger partial charge in [0.1, 0.15) is 0 Å². The van der Waals surface area contributed by atoms with Crippen LogP contribution in [-0.2, 0) is 25.8 Å². The molecule has 0 unspecified atom stereocenters. The molecule has 0 atom stereocenters. The molecule has 1 amide bonds. The van der Waals surface area contributed by atoms with Crippen LogP contribution in [0, 0.1) is 0 Å². The van der Waals surface area contributed by atoms with E-state index >= 15 is 0 Å². The summed E-state index contributed by atoms with van der Waals surface area (Å²) in [5, 5.41) is 11.2. The van der Waals surface area contributed by atoms with Crippen molar-refractivity contribution >= 4 is 27.4 Å². The number of benzene rings is 1. The fraction of sp³-hybridized carbons (Fsp3) is 0.500. The Kier molecular flexibility index (Phi) is 5.76. The zero-order valence-corrected chi connectivity index (χ0v) is 13.6. The first-order chi connectivity index (χ1) is 10.9. The van der Waals surface area contributed by atoms with E-state index in [9.17, 15) is 18.0 Å². The number of carbonyl (C=O) groups excluding carboxylic acids is 1. The zero-order valence-electron chi connectivity index (χ0n) is 12.8. The molecular weight excluding hydrogens is 318 g/mol. The normalized spacial score (nSPS) is 15.5. The molecule has 1 saturated carbocycles. The van der Waals surface area contributed by atoms with Gasteiger partial charge in [-0.1, -0.05) is 31.0 Å². The minimum atomic E-state index is -3.23. The molecule has 0 bridgehead atoms. The molecule has 2 N–H and O–H groups in total. The zero-order chi connectivity index (χ0) is 16.9. The summed E-state index contributed by atoms with van der Waals surface area (Å²) in [7, 11) is -3.23. The van der Waals surface area contributed by atoms with Crippen LogP contribution in [0.2, 0.25) is 0 Å². The third-order valence-electron chi connectivity index (χ3n) is 4.06. The Morgan fingerprint density at radius 2 is 1.83 bits per heavy atom. The van der Waals surface area contributed by atoms with Gasteiger partial charge in [-0.3, -0.25) is 9.59 Å². The van der Waals surface area contributed by atoms with Crippen LogP contribution in [0.1, 0.15) is 37.7 Å². The van der Waals surface area contributed by atoms with Crippen molar-refractivity contribution in [2.45, 2.75) is 43.8 Å². The highest BCUT2D eigenvalue weighted by Crippen LogP contribution is 2.25. The van der Waals surface area contributed by atoms with E-state index in [0.29, 0.717) is 24.1 Å². The van der Waals surface area contributed by atoms with Crippen LogP contribution < -0.4 is 5.32 Å². The monoisotopic (exact) mass is 339 g/mol. The Labute approximate surface area is 135 Å². The molecule has 1 aromatic rings. The van der Waals surface area contributed by atoms with Gasteiger partial charge in [-0.05, 0) is 24.5 Å². The van der Waals surface area contributed by atoms with Crippen LogP contribution >= 0.6 is 0 Å². The number of sulfone groups is 1. The van der Waals surface area contributed by atoms with Crippen LogP contribution in [0.15, 0.2) is 24.3 Å². The summed E-state index contributed by atoms with van der Waals surface area (Å²) in [5.74, 6) is -1.56. The number of carboxylic acid groups (broad SMARTS) is 1. The van der Waals surface area contributed by atoms with Gasteiger partial charge in [0.15, 0.2) is 9.84 Å². The Morgan fingerprint density at radius 3 is 2.48 bits per heavy atom. The van der Waals surface area contributed by atoms with Gasteiger partial charge in [0.25, 0.3) is 0 Å². The SMILES string of the molecule is O=C(O)Cc1ccccc1NC(=O)CCS(=O)(=O)C1CCCC1. The number of amides is 1. The molecule has 23 heavy (non-hydrogen) atoms. The summed E-state index contributed by atoms with van der Waals surface area (Å²) in [5.41, 5.74) is 0.908. The van der Waals surface area contributed by atoms with E-state index in [1.165, 1.54) is 0 Å². The highest BCUT2D eigenvalue weighted by molar-refractivity contribution is 7.92. The number of para-hydroxylation sites is 1. The first kappa shape index (κ1) is 17.5. The van der Waals surface area contributed by atoms with E-state index in [0.717, 1.165) is 12.8 Å². The van der Waals surface area contributed by atoms with Gasteiger partial charge in [-0.15, -0.1) is 0 Å². The Balaban J connectivity index is 1.93. The lowest BCUT2D eigenvalue weighted by molar-refractivity contribution is -0.136. The van der Waals surface area contributed by atoms with E-state index in [1.54, 1.807) is 24.3 Å². The van der Waals surface area contributed by atoms with Gasteiger partial charge in [0, 0.05) is 12.1 Å². The number of anilines is 1. The lowest BCUT2D eigenvalue weighted by Gasteiger charge is -2.12.